The summed E-state index contributed by atoms with van der Waals surface area (Å²) < 4.78 is 62.8. The van der Waals surface area contributed by atoms with E-state index in [4.69, 9.17) is 4.74 Å². The first-order valence-electron chi connectivity index (χ1n) is 11.0. The molecule has 1 fully saturated rings. The fraction of sp³-hybridized carbons (Fsp3) is 0.520. The van der Waals surface area contributed by atoms with Crippen molar-refractivity contribution in [3.8, 4) is 5.75 Å². The Morgan fingerprint density at radius 2 is 1.37 bits per heavy atom. The van der Waals surface area contributed by atoms with Crippen molar-refractivity contribution in [2.45, 2.75) is 71.1 Å². The van der Waals surface area contributed by atoms with Gasteiger partial charge in [0.15, 0.2) is 23.2 Å². The van der Waals surface area contributed by atoms with Gasteiger partial charge in [0.05, 0.1) is 6.61 Å². The number of halogens is 4. The molecular formula is C25H30F4O. The minimum Gasteiger partial charge on any atom is -0.491 e. The molecular weight excluding hydrogens is 392 g/mol. The molecule has 0 heterocycles. The van der Waals surface area contributed by atoms with Gasteiger partial charge in [0.2, 0.25) is 5.82 Å². The van der Waals surface area contributed by atoms with E-state index in [1.54, 1.807) is 19.1 Å². The molecule has 164 valence electrons. The van der Waals surface area contributed by atoms with Gasteiger partial charge >= 0.3 is 0 Å². The number of rotatable bonds is 8. The zero-order chi connectivity index (χ0) is 21.7. The Morgan fingerprint density at radius 3 is 1.97 bits per heavy atom. The molecule has 2 aromatic carbocycles. The number of ether oxygens (including phenoxy) is 1. The largest absolute Gasteiger partial charge is 0.491 e. The van der Waals surface area contributed by atoms with Crippen LogP contribution in [0.2, 0.25) is 0 Å². The molecule has 1 saturated carbocycles. The minimum absolute atomic E-state index is 0.0549. The molecule has 0 spiro atoms. The van der Waals surface area contributed by atoms with Crippen LogP contribution in [0.4, 0.5) is 17.6 Å². The summed E-state index contributed by atoms with van der Waals surface area (Å²) in [5.41, 5.74) is 0.753. The highest BCUT2D eigenvalue weighted by atomic mass is 19.2. The van der Waals surface area contributed by atoms with Gasteiger partial charge in [0.1, 0.15) is 0 Å². The lowest BCUT2D eigenvalue weighted by atomic mass is 9.77. The van der Waals surface area contributed by atoms with E-state index in [0.717, 1.165) is 32.1 Å². The highest BCUT2D eigenvalue weighted by molar-refractivity contribution is 5.33. The second-order valence-corrected chi connectivity index (χ2v) is 8.23. The molecule has 0 N–H and O–H groups in total. The van der Waals surface area contributed by atoms with Crippen LogP contribution in [0.15, 0.2) is 24.3 Å². The van der Waals surface area contributed by atoms with Crippen molar-refractivity contribution in [3.05, 3.63) is 64.2 Å². The molecule has 0 amide bonds. The van der Waals surface area contributed by atoms with Crippen molar-refractivity contribution in [3.63, 3.8) is 0 Å². The van der Waals surface area contributed by atoms with Gasteiger partial charge in [-0.1, -0.05) is 38.0 Å². The lowest BCUT2D eigenvalue weighted by Gasteiger charge is -2.29. The summed E-state index contributed by atoms with van der Waals surface area (Å²) in [4.78, 5) is 0. The Morgan fingerprint density at radius 1 is 0.767 bits per heavy atom. The average Bonchev–Trinajstić information content (AvgIpc) is 2.75. The number of benzene rings is 2. The molecule has 3 rings (SSSR count). The van der Waals surface area contributed by atoms with Gasteiger partial charge in [-0.3, -0.25) is 0 Å². The van der Waals surface area contributed by atoms with E-state index in [0.29, 0.717) is 11.5 Å². The van der Waals surface area contributed by atoms with Crippen LogP contribution in [-0.4, -0.2) is 6.61 Å². The Balaban J connectivity index is 1.69. The summed E-state index contributed by atoms with van der Waals surface area (Å²) in [6.45, 7) is 4.09. The van der Waals surface area contributed by atoms with Crippen molar-refractivity contribution in [1.82, 2.24) is 0 Å². The maximum atomic E-state index is 14.8. The van der Waals surface area contributed by atoms with Crippen LogP contribution in [0.5, 0.6) is 5.75 Å². The van der Waals surface area contributed by atoms with Crippen LogP contribution in [0.3, 0.4) is 0 Å². The van der Waals surface area contributed by atoms with Crippen LogP contribution < -0.4 is 4.74 Å². The van der Waals surface area contributed by atoms with Gasteiger partial charge in [0, 0.05) is 0 Å². The van der Waals surface area contributed by atoms with Crippen molar-refractivity contribution >= 4 is 0 Å². The molecule has 1 nitrogen and oxygen atoms in total. The third-order valence-corrected chi connectivity index (χ3v) is 6.27. The molecule has 0 saturated heterocycles. The van der Waals surface area contributed by atoms with E-state index in [-0.39, 0.29) is 42.2 Å². The van der Waals surface area contributed by atoms with Crippen LogP contribution in [0.25, 0.3) is 0 Å². The maximum Gasteiger partial charge on any atom is 0.200 e. The Kier molecular flexibility index (Phi) is 7.79. The Bertz CT molecular complexity index is 857. The van der Waals surface area contributed by atoms with Gasteiger partial charge in [-0.25, -0.2) is 13.2 Å². The molecule has 0 bridgehead atoms. The summed E-state index contributed by atoms with van der Waals surface area (Å²) in [6.07, 6.45) is 6.42. The summed E-state index contributed by atoms with van der Waals surface area (Å²) in [5, 5.41) is 0. The second-order valence-electron chi connectivity index (χ2n) is 8.23. The number of aryl methyl sites for hydroxylation is 2. The molecule has 0 aliphatic heterocycles. The molecule has 1 aliphatic carbocycles. The fourth-order valence-electron chi connectivity index (χ4n) is 4.58. The van der Waals surface area contributed by atoms with Gasteiger partial charge in [-0.2, -0.15) is 4.39 Å². The fourth-order valence-corrected chi connectivity index (χ4v) is 4.58. The van der Waals surface area contributed by atoms with Gasteiger partial charge in [0.25, 0.3) is 0 Å². The van der Waals surface area contributed by atoms with E-state index in [1.807, 2.05) is 0 Å². The molecule has 0 atom stereocenters. The summed E-state index contributed by atoms with van der Waals surface area (Å²) in [7, 11) is 0. The molecule has 0 radical (unpaired) electrons. The first-order chi connectivity index (χ1) is 14.5. The van der Waals surface area contributed by atoms with E-state index in [2.05, 4.69) is 6.92 Å². The third-order valence-electron chi connectivity index (χ3n) is 6.27. The van der Waals surface area contributed by atoms with E-state index >= 15 is 0 Å². The Labute approximate surface area is 176 Å². The number of hydrogen-bond acceptors (Lipinski definition) is 1. The molecule has 5 heteroatoms. The van der Waals surface area contributed by atoms with Crippen molar-refractivity contribution in [2.24, 2.45) is 5.92 Å². The van der Waals surface area contributed by atoms with E-state index in [9.17, 15) is 17.6 Å². The highest BCUT2D eigenvalue weighted by Gasteiger charge is 2.26. The monoisotopic (exact) mass is 422 g/mol. The van der Waals surface area contributed by atoms with Crippen molar-refractivity contribution in [1.29, 1.82) is 0 Å². The SMILES string of the molecule is CCCC1CCC(c2ccc(CCc3ccc(OCC)c(F)c3F)c(F)c2F)CC1. The summed E-state index contributed by atoms with van der Waals surface area (Å²) in [6, 6.07) is 6.06. The molecule has 30 heavy (non-hydrogen) atoms. The quantitative estimate of drug-likeness (QED) is 0.400. The molecule has 2 aromatic rings. The number of hydrogen-bond donors (Lipinski definition) is 0. The minimum atomic E-state index is -1.05. The Hall–Kier alpha value is -2.04. The van der Waals surface area contributed by atoms with Gasteiger partial charge in [-0.05, 0) is 80.0 Å². The van der Waals surface area contributed by atoms with Crippen molar-refractivity contribution < 1.29 is 22.3 Å². The average molecular weight is 423 g/mol. The lowest BCUT2D eigenvalue weighted by molar-refractivity contribution is 0.302. The van der Waals surface area contributed by atoms with Gasteiger partial charge < -0.3 is 4.74 Å². The molecule has 1 aliphatic rings. The van der Waals surface area contributed by atoms with E-state index in [1.165, 1.54) is 18.6 Å². The van der Waals surface area contributed by atoms with Crippen LogP contribution in [-0.2, 0) is 12.8 Å². The van der Waals surface area contributed by atoms with Crippen molar-refractivity contribution in [2.75, 3.05) is 6.61 Å². The van der Waals surface area contributed by atoms with Crippen LogP contribution >= 0.6 is 0 Å². The summed E-state index contributed by atoms with van der Waals surface area (Å²) in [5.74, 6) is -3.09. The molecule has 0 aromatic heterocycles. The van der Waals surface area contributed by atoms with Crippen LogP contribution in [0.1, 0.15) is 75.0 Å². The standard InChI is InChI=1S/C25H30F4O/c1-3-5-16-6-8-17(9-7-16)20-14-12-18(22(26)24(20)28)10-11-19-13-15-21(30-4-2)25(29)23(19)27/h12-17H,3-11H2,1-2H3. The maximum absolute atomic E-state index is 14.8. The summed E-state index contributed by atoms with van der Waals surface area (Å²) >= 11 is 0. The lowest BCUT2D eigenvalue weighted by Crippen LogP contribution is -2.15. The zero-order valence-corrected chi connectivity index (χ0v) is 17.7. The predicted molar refractivity (Wildman–Crippen MR) is 111 cm³/mol. The normalized spacial score (nSPS) is 19.1. The smallest absolute Gasteiger partial charge is 0.200 e. The topological polar surface area (TPSA) is 9.23 Å². The van der Waals surface area contributed by atoms with Crippen LogP contribution in [0, 0.1) is 29.2 Å². The zero-order valence-electron chi connectivity index (χ0n) is 17.7. The first-order valence-corrected chi connectivity index (χ1v) is 11.0. The first kappa shape index (κ1) is 22.6. The second kappa shape index (κ2) is 10.3. The molecule has 0 unspecified atom stereocenters. The van der Waals surface area contributed by atoms with E-state index < -0.39 is 23.3 Å². The predicted octanol–water partition coefficient (Wildman–Crippen LogP) is 7.50. The third kappa shape index (κ3) is 4.98. The van der Waals surface area contributed by atoms with Gasteiger partial charge in [-0.15, -0.1) is 0 Å². The highest BCUT2D eigenvalue weighted by Crippen LogP contribution is 2.39.